The van der Waals surface area contributed by atoms with Crippen molar-refractivity contribution in [1.29, 1.82) is 0 Å². The van der Waals surface area contributed by atoms with Gasteiger partial charge in [0.2, 0.25) is 5.91 Å². The highest BCUT2D eigenvalue weighted by molar-refractivity contribution is 6.19. The van der Waals surface area contributed by atoms with Crippen molar-refractivity contribution in [3.8, 4) is 0 Å². The molecule has 0 atom stereocenters. The number of fused-ring (bicyclic) bond motifs is 1. The summed E-state index contributed by atoms with van der Waals surface area (Å²) in [6.07, 6.45) is 0. The lowest BCUT2D eigenvalue weighted by atomic mass is 9.99. The van der Waals surface area contributed by atoms with Crippen LogP contribution in [0.2, 0.25) is 0 Å². The Kier molecular flexibility index (Phi) is 2.59. The van der Waals surface area contributed by atoms with Gasteiger partial charge in [-0.05, 0) is 18.2 Å². The summed E-state index contributed by atoms with van der Waals surface area (Å²) in [5.74, 6) is -1.32. The third-order valence-corrected chi connectivity index (χ3v) is 2.99. The largest absolute Gasteiger partial charge is 0.324 e. The predicted octanol–water partition coefficient (Wildman–Crippen LogP) is 2.52. The van der Waals surface area contributed by atoms with Crippen molar-refractivity contribution in [3.05, 3.63) is 69.5 Å². The molecule has 0 saturated heterocycles. The Hall–Kier alpha value is -3.09. The van der Waals surface area contributed by atoms with Crippen LogP contribution in [0, 0.1) is 15.9 Å². The lowest BCUT2D eigenvalue weighted by Crippen LogP contribution is -2.13. The number of hydrogen-bond acceptors (Lipinski definition) is 4. The van der Waals surface area contributed by atoms with E-state index in [1.807, 2.05) is 0 Å². The van der Waals surface area contributed by atoms with E-state index in [4.69, 9.17) is 4.11 Å². The fourth-order valence-electron chi connectivity index (χ4n) is 2.04. The number of benzodiazepines with no additional fused rings is 1. The van der Waals surface area contributed by atoms with Crippen LogP contribution in [0.25, 0.3) is 0 Å². The Morgan fingerprint density at radius 1 is 1.32 bits per heavy atom. The third kappa shape index (κ3) is 2.44. The smallest absolute Gasteiger partial charge is 0.270 e. The molecule has 0 spiro atoms. The number of carbonyl (C=O) groups is 1. The molecule has 0 unspecified atom stereocenters. The van der Waals surface area contributed by atoms with Crippen LogP contribution >= 0.6 is 0 Å². The Morgan fingerprint density at radius 2 is 2.09 bits per heavy atom. The second-order valence-electron chi connectivity index (χ2n) is 4.42. The summed E-state index contributed by atoms with van der Waals surface area (Å²) in [7, 11) is 0. The molecule has 0 fully saturated rings. The molecule has 2 aromatic rings. The molecular weight excluding hydrogens is 289 g/mol. The molecule has 0 aliphatic carbocycles. The van der Waals surface area contributed by atoms with E-state index in [0.717, 1.165) is 6.07 Å². The zero-order chi connectivity index (χ0) is 18.3. The van der Waals surface area contributed by atoms with E-state index in [1.165, 1.54) is 18.2 Å². The summed E-state index contributed by atoms with van der Waals surface area (Å²) in [6, 6.07) is 3.32. The van der Waals surface area contributed by atoms with Crippen LogP contribution in [-0.2, 0) is 4.79 Å². The van der Waals surface area contributed by atoms with Gasteiger partial charge in [-0.1, -0.05) is 12.1 Å². The number of carbonyl (C=O) groups excluding carboxylic acids is 1. The molecule has 110 valence electrons. The van der Waals surface area contributed by atoms with E-state index < -0.39 is 47.0 Å². The Bertz CT molecular complexity index is 963. The third-order valence-electron chi connectivity index (χ3n) is 2.99. The van der Waals surface area contributed by atoms with Crippen LogP contribution in [0.1, 0.15) is 15.2 Å². The van der Waals surface area contributed by atoms with Gasteiger partial charge in [0.1, 0.15) is 12.4 Å². The molecule has 1 aliphatic heterocycles. The minimum Gasteiger partial charge on any atom is -0.324 e. The predicted molar refractivity (Wildman–Crippen MR) is 78.6 cm³/mol. The van der Waals surface area contributed by atoms with E-state index in [0.29, 0.717) is 0 Å². The van der Waals surface area contributed by atoms with Gasteiger partial charge in [-0.2, -0.15) is 0 Å². The average Bonchev–Trinajstić information content (AvgIpc) is 2.72. The number of aliphatic imine (C=N–C) groups is 1. The molecule has 3 rings (SSSR count). The van der Waals surface area contributed by atoms with Gasteiger partial charge in [0.25, 0.3) is 5.69 Å². The Labute approximate surface area is 128 Å². The average molecular weight is 302 g/mol. The van der Waals surface area contributed by atoms with Crippen molar-refractivity contribution in [1.82, 2.24) is 0 Å². The Morgan fingerprint density at radius 3 is 2.82 bits per heavy atom. The zero-order valence-corrected chi connectivity index (χ0v) is 11.0. The summed E-state index contributed by atoms with van der Waals surface area (Å²) >= 11 is 0. The van der Waals surface area contributed by atoms with Gasteiger partial charge in [0.05, 0.1) is 20.4 Å². The fraction of sp³-hybridized carbons (Fsp3) is 0.0667. The second kappa shape index (κ2) is 5.36. The monoisotopic (exact) mass is 302 g/mol. The van der Waals surface area contributed by atoms with Crippen LogP contribution in [0.4, 0.5) is 15.8 Å². The molecule has 0 saturated carbocycles. The van der Waals surface area contributed by atoms with Gasteiger partial charge in [-0.15, -0.1) is 0 Å². The maximum Gasteiger partial charge on any atom is 0.270 e. The van der Waals surface area contributed by atoms with Gasteiger partial charge in [-0.25, -0.2) is 4.39 Å². The van der Waals surface area contributed by atoms with E-state index in [1.54, 1.807) is 0 Å². The summed E-state index contributed by atoms with van der Waals surface area (Å²) < 4.78 is 38.0. The van der Waals surface area contributed by atoms with Crippen molar-refractivity contribution in [2.75, 3.05) is 11.9 Å². The summed E-state index contributed by atoms with van der Waals surface area (Å²) in [5, 5.41) is 13.6. The number of nitro groups is 1. The molecule has 22 heavy (non-hydrogen) atoms. The number of hydrogen-bond donors (Lipinski definition) is 1. The lowest BCUT2D eigenvalue weighted by molar-refractivity contribution is -0.384. The quantitative estimate of drug-likeness (QED) is 0.683. The van der Waals surface area contributed by atoms with Crippen molar-refractivity contribution < 1.29 is 18.2 Å². The maximum absolute atomic E-state index is 14.2. The minimum atomic E-state index is -0.950. The lowest BCUT2D eigenvalue weighted by Gasteiger charge is -2.10. The van der Waals surface area contributed by atoms with Crippen LogP contribution in [-0.4, -0.2) is 23.1 Å². The van der Waals surface area contributed by atoms with Crippen molar-refractivity contribution in [2.45, 2.75) is 0 Å². The highest BCUT2D eigenvalue weighted by Gasteiger charge is 2.22. The van der Waals surface area contributed by atoms with Gasteiger partial charge in [0.15, 0.2) is 0 Å². The van der Waals surface area contributed by atoms with Crippen LogP contribution in [0.15, 0.2) is 47.4 Å². The molecule has 0 aromatic heterocycles. The summed E-state index contributed by atoms with van der Waals surface area (Å²) in [5.41, 5.74) is -1.61. The second-order valence-corrected chi connectivity index (χ2v) is 4.42. The number of amides is 1. The molecule has 2 aromatic carbocycles. The molecule has 6 nitrogen and oxygen atoms in total. The van der Waals surface area contributed by atoms with Crippen LogP contribution < -0.4 is 5.32 Å². The van der Waals surface area contributed by atoms with Crippen molar-refractivity contribution in [2.24, 2.45) is 4.99 Å². The van der Waals surface area contributed by atoms with E-state index in [2.05, 4.69) is 10.3 Å². The molecule has 1 N–H and O–H groups in total. The van der Waals surface area contributed by atoms with Gasteiger partial charge < -0.3 is 5.32 Å². The highest BCUT2D eigenvalue weighted by Crippen LogP contribution is 2.27. The maximum atomic E-state index is 14.2. The first-order chi connectivity index (χ1) is 11.8. The molecule has 0 radical (unpaired) electrons. The number of anilines is 1. The molecule has 1 heterocycles. The van der Waals surface area contributed by atoms with Crippen LogP contribution in [0.3, 0.4) is 0 Å². The van der Waals surface area contributed by atoms with Gasteiger partial charge >= 0.3 is 0 Å². The molecular formula is C15H10FN3O3. The summed E-state index contributed by atoms with van der Waals surface area (Å²) in [4.78, 5) is 26.1. The normalized spacial score (nSPS) is 15.6. The topological polar surface area (TPSA) is 84.6 Å². The number of benzene rings is 2. The van der Waals surface area contributed by atoms with Crippen molar-refractivity contribution >= 4 is 23.0 Å². The fourth-order valence-corrected chi connectivity index (χ4v) is 2.04. The molecule has 1 aliphatic rings. The number of rotatable bonds is 2. The highest BCUT2D eigenvalue weighted by atomic mass is 19.1. The van der Waals surface area contributed by atoms with Gasteiger partial charge in [-0.3, -0.25) is 19.9 Å². The van der Waals surface area contributed by atoms with E-state index in [9.17, 15) is 19.3 Å². The number of nitrogens with one attached hydrogen (secondary N) is 1. The molecule has 7 heteroatoms. The zero-order valence-electron chi connectivity index (χ0n) is 14.0. The number of nitro benzene ring substituents is 1. The number of nitrogens with zero attached hydrogens (tertiary/aromatic N) is 2. The first kappa shape index (κ1) is 10.6. The van der Waals surface area contributed by atoms with E-state index in [-0.39, 0.29) is 22.5 Å². The minimum absolute atomic E-state index is 0.0554. The van der Waals surface area contributed by atoms with E-state index >= 15 is 0 Å². The molecule has 1 amide bonds. The Balaban J connectivity index is 2.42. The first-order valence-corrected chi connectivity index (χ1v) is 6.20. The SMILES string of the molecule is [2H]c1c([2H])c([N+](=O)[O-])c([2H])c2c1NC(=O)CN=C2c1ccccc1F. The standard InChI is InChI=1S/C15H10FN3O3/c16-12-4-2-1-3-10(12)15-11-7-9(19(21)22)5-6-13(11)18-14(20)8-17-15/h1-7H,8H2,(H,18,20)/i5D,6D,7D. The van der Waals surface area contributed by atoms with Crippen molar-refractivity contribution in [3.63, 3.8) is 0 Å². The van der Waals surface area contributed by atoms with Crippen LogP contribution in [0.5, 0.6) is 0 Å². The first-order valence-electron chi connectivity index (χ1n) is 7.70. The van der Waals surface area contributed by atoms with Gasteiger partial charge in [0, 0.05) is 23.2 Å². The summed E-state index contributed by atoms with van der Waals surface area (Å²) in [6.45, 7) is -0.404. The number of halogens is 1. The molecule has 0 bridgehead atoms.